The summed E-state index contributed by atoms with van der Waals surface area (Å²) in [6.45, 7) is 1.71. The number of nitrogens with zero attached hydrogens (tertiary/aromatic N) is 1. The summed E-state index contributed by atoms with van der Waals surface area (Å²) in [5.74, 6) is -0.909. The molecular formula is C17H14FN3O3S. The van der Waals surface area contributed by atoms with Crippen molar-refractivity contribution >= 4 is 23.2 Å². The van der Waals surface area contributed by atoms with Crippen LogP contribution in [0.3, 0.4) is 0 Å². The van der Waals surface area contributed by atoms with Gasteiger partial charge in [-0.15, -0.1) is 11.3 Å². The van der Waals surface area contributed by atoms with E-state index in [0.717, 1.165) is 4.88 Å². The van der Waals surface area contributed by atoms with E-state index >= 15 is 0 Å². The number of thiophene rings is 1. The molecule has 0 unspecified atom stereocenters. The molecule has 0 saturated heterocycles. The Bertz CT molecular complexity index is 906. The fraction of sp³-hybridized carbons (Fsp3) is 0.118. The van der Waals surface area contributed by atoms with Gasteiger partial charge in [0.2, 0.25) is 11.8 Å². The van der Waals surface area contributed by atoms with Crippen LogP contribution in [-0.4, -0.2) is 16.8 Å². The Kier molecular flexibility index (Phi) is 4.90. The molecule has 0 aliphatic rings. The van der Waals surface area contributed by atoms with Gasteiger partial charge in [-0.25, -0.2) is 9.37 Å². The van der Waals surface area contributed by atoms with E-state index in [0.29, 0.717) is 17.3 Å². The highest BCUT2D eigenvalue weighted by molar-refractivity contribution is 7.13. The summed E-state index contributed by atoms with van der Waals surface area (Å²) in [5.41, 5.74) is 4.74. The zero-order valence-corrected chi connectivity index (χ0v) is 14.0. The van der Waals surface area contributed by atoms with Crippen molar-refractivity contribution < 1.29 is 18.4 Å². The lowest BCUT2D eigenvalue weighted by Crippen LogP contribution is -2.42. The SMILES string of the molecule is Cc1oc(-c2cccs2)nc1CC(=O)NNC(=O)c1ccccc1F. The molecule has 2 heterocycles. The van der Waals surface area contributed by atoms with Gasteiger partial charge in [0.25, 0.3) is 5.91 Å². The molecule has 6 nitrogen and oxygen atoms in total. The van der Waals surface area contributed by atoms with Crippen LogP contribution in [0.25, 0.3) is 10.8 Å². The third kappa shape index (κ3) is 3.92. The average molecular weight is 359 g/mol. The molecule has 25 heavy (non-hydrogen) atoms. The van der Waals surface area contributed by atoms with Crippen LogP contribution in [0.5, 0.6) is 0 Å². The second-order valence-corrected chi connectivity index (χ2v) is 6.11. The monoisotopic (exact) mass is 359 g/mol. The fourth-order valence-electron chi connectivity index (χ4n) is 2.13. The van der Waals surface area contributed by atoms with Gasteiger partial charge in [-0.05, 0) is 30.5 Å². The molecule has 0 aliphatic carbocycles. The molecule has 2 N–H and O–H groups in total. The first-order chi connectivity index (χ1) is 12.0. The zero-order chi connectivity index (χ0) is 17.8. The fourth-order valence-corrected chi connectivity index (χ4v) is 2.78. The minimum absolute atomic E-state index is 0.0712. The lowest BCUT2D eigenvalue weighted by molar-refractivity contribution is -0.121. The number of halogens is 1. The van der Waals surface area contributed by atoms with Gasteiger partial charge in [0.05, 0.1) is 22.6 Å². The second-order valence-electron chi connectivity index (χ2n) is 5.16. The lowest BCUT2D eigenvalue weighted by Gasteiger charge is -2.07. The molecule has 1 aromatic carbocycles. The summed E-state index contributed by atoms with van der Waals surface area (Å²) >= 11 is 1.48. The summed E-state index contributed by atoms with van der Waals surface area (Å²) in [7, 11) is 0. The normalized spacial score (nSPS) is 10.5. The molecule has 0 radical (unpaired) electrons. The van der Waals surface area contributed by atoms with Crippen LogP contribution in [-0.2, 0) is 11.2 Å². The van der Waals surface area contributed by atoms with Crippen LogP contribution < -0.4 is 10.9 Å². The topological polar surface area (TPSA) is 84.2 Å². The van der Waals surface area contributed by atoms with Gasteiger partial charge in [-0.3, -0.25) is 20.4 Å². The van der Waals surface area contributed by atoms with Crippen molar-refractivity contribution in [1.29, 1.82) is 0 Å². The minimum Gasteiger partial charge on any atom is -0.440 e. The number of carbonyl (C=O) groups is 2. The Hall–Kier alpha value is -3.00. The first-order valence-electron chi connectivity index (χ1n) is 7.38. The van der Waals surface area contributed by atoms with Gasteiger partial charge in [0.1, 0.15) is 11.6 Å². The number of hydrazine groups is 1. The third-order valence-corrected chi connectivity index (χ3v) is 4.24. The number of rotatable bonds is 4. The zero-order valence-electron chi connectivity index (χ0n) is 13.2. The predicted octanol–water partition coefficient (Wildman–Crippen LogP) is 2.85. The number of hydrogen-bond acceptors (Lipinski definition) is 5. The predicted molar refractivity (Wildman–Crippen MR) is 90.3 cm³/mol. The van der Waals surface area contributed by atoms with Crippen molar-refractivity contribution in [3.8, 4) is 10.8 Å². The second kappa shape index (κ2) is 7.27. The van der Waals surface area contributed by atoms with E-state index in [1.165, 1.54) is 35.6 Å². The van der Waals surface area contributed by atoms with Crippen molar-refractivity contribution in [3.63, 3.8) is 0 Å². The van der Waals surface area contributed by atoms with Gasteiger partial charge in [-0.2, -0.15) is 0 Å². The van der Waals surface area contributed by atoms with E-state index in [9.17, 15) is 14.0 Å². The summed E-state index contributed by atoms with van der Waals surface area (Å²) < 4.78 is 19.1. The molecule has 3 rings (SSSR count). The molecule has 2 aromatic heterocycles. The minimum atomic E-state index is -0.734. The molecule has 8 heteroatoms. The molecule has 0 saturated carbocycles. The van der Waals surface area contributed by atoms with Gasteiger partial charge in [-0.1, -0.05) is 18.2 Å². The van der Waals surface area contributed by atoms with Gasteiger partial charge in [0.15, 0.2) is 0 Å². The quantitative estimate of drug-likeness (QED) is 0.702. The highest BCUT2D eigenvalue weighted by Gasteiger charge is 2.16. The average Bonchev–Trinajstić information content (AvgIpc) is 3.23. The molecule has 0 aliphatic heterocycles. The Morgan fingerprint density at radius 1 is 1.20 bits per heavy atom. The molecular weight excluding hydrogens is 345 g/mol. The van der Waals surface area contributed by atoms with Crippen molar-refractivity contribution in [1.82, 2.24) is 15.8 Å². The van der Waals surface area contributed by atoms with Crippen LogP contribution in [0.15, 0.2) is 46.2 Å². The van der Waals surface area contributed by atoms with Crippen LogP contribution in [0, 0.1) is 12.7 Å². The van der Waals surface area contributed by atoms with Gasteiger partial charge in [0, 0.05) is 0 Å². The smallest absolute Gasteiger partial charge is 0.272 e. The lowest BCUT2D eigenvalue weighted by atomic mass is 10.2. The third-order valence-electron chi connectivity index (χ3n) is 3.39. The summed E-state index contributed by atoms with van der Waals surface area (Å²) in [6.07, 6.45) is -0.0712. The maximum absolute atomic E-state index is 13.5. The molecule has 2 amide bonds. The molecule has 0 fully saturated rings. The highest BCUT2D eigenvalue weighted by Crippen LogP contribution is 2.25. The van der Waals surface area contributed by atoms with Crippen molar-refractivity contribution in [3.05, 3.63) is 64.6 Å². The summed E-state index contributed by atoms with van der Waals surface area (Å²) in [6, 6.07) is 9.25. The maximum atomic E-state index is 13.5. The number of oxazole rings is 1. The Labute approximate surface area is 146 Å². The van der Waals surface area contributed by atoms with Crippen molar-refractivity contribution in [2.45, 2.75) is 13.3 Å². The maximum Gasteiger partial charge on any atom is 0.272 e. The van der Waals surface area contributed by atoms with E-state index in [4.69, 9.17) is 4.42 Å². The van der Waals surface area contributed by atoms with Crippen LogP contribution in [0.2, 0.25) is 0 Å². The molecule has 128 valence electrons. The van der Waals surface area contributed by atoms with E-state index in [1.807, 2.05) is 17.5 Å². The van der Waals surface area contributed by atoms with Crippen LogP contribution in [0.1, 0.15) is 21.8 Å². The van der Waals surface area contributed by atoms with Crippen molar-refractivity contribution in [2.75, 3.05) is 0 Å². The van der Waals surface area contributed by atoms with E-state index in [2.05, 4.69) is 15.8 Å². The van der Waals surface area contributed by atoms with Crippen LogP contribution >= 0.6 is 11.3 Å². The van der Waals surface area contributed by atoms with E-state index in [-0.39, 0.29) is 12.0 Å². The Morgan fingerprint density at radius 3 is 2.72 bits per heavy atom. The van der Waals surface area contributed by atoms with Crippen molar-refractivity contribution in [2.24, 2.45) is 0 Å². The largest absolute Gasteiger partial charge is 0.440 e. The van der Waals surface area contributed by atoms with E-state index < -0.39 is 17.6 Å². The number of hydrogen-bond donors (Lipinski definition) is 2. The molecule has 0 atom stereocenters. The Balaban J connectivity index is 1.60. The molecule has 0 bridgehead atoms. The number of aromatic nitrogens is 1. The number of aryl methyl sites for hydroxylation is 1. The summed E-state index contributed by atoms with van der Waals surface area (Å²) in [5, 5.41) is 1.90. The molecule has 0 spiro atoms. The van der Waals surface area contributed by atoms with Crippen LogP contribution in [0.4, 0.5) is 4.39 Å². The highest BCUT2D eigenvalue weighted by atomic mass is 32.1. The van der Waals surface area contributed by atoms with Gasteiger partial charge >= 0.3 is 0 Å². The summed E-state index contributed by atoms with van der Waals surface area (Å²) in [4.78, 5) is 29.0. The first-order valence-corrected chi connectivity index (χ1v) is 8.26. The van der Waals surface area contributed by atoms with E-state index in [1.54, 1.807) is 6.92 Å². The Morgan fingerprint density at radius 2 is 2.00 bits per heavy atom. The number of amides is 2. The standard InChI is InChI=1S/C17H14FN3O3S/c1-10-13(19-17(24-10)14-7-4-8-25-14)9-15(22)20-21-16(23)11-5-2-3-6-12(11)18/h2-8H,9H2,1H3,(H,20,22)(H,21,23). The number of benzene rings is 1. The van der Waals surface area contributed by atoms with Gasteiger partial charge < -0.3 is 4.42 Å². The number of carbonyl (C=O) groups excluding carboxylic acids is 2. The first kappa shape index (κ1) is 16.8. The molecule has 3 aromatic rings. The number of nitrogens with one attached hydrogen (secondary N) is 2.